The third-order valence-corrected chi connectivity index (χ3v) is 6.11. The number of fused-ring (bicyclic) bond motifs is 1. The zero-order chi connectivity index (χ0) is 19.5. The van der Waals surface area contributed by atoms with Gasteiger partial charge in [-0.05, 0) is 37.1 Å². The van der Waals surface area contributed by atoms with Crippen molar-refractivity contribution < 1.29 is 14.3 Å². The standard InChI is InChI=1S/C21H23N3O3S/c1-26-15-9-10-16(18(12-15)27-2)22-20(25)14-6-5-11-24(13-14)21-23-17-7-3-4-8-19(17)28-21/h3-4,7-10,12,14H,5-6,11,13H2,1-2H3,(H,22,25). The summed E-state index contributed by atoms with van der Waals surface area (Å²) in [5.41, 5.74) is 1.67. The van der Waals surface area contributed by atoms with Crippen LogP contribution in [0.2, 0.25) is 0 Å². The molecule has 2 aromatic carbocycles. The summed E-state index contributed by atoms with van der Waals surface area (Å²) in [5.74, 6) is 1.20. The molecule has 1 atom stereocenters. The van der Waals surface area contributed by atoms with Crippen LogP contribution in [0.3, 0.4) is 0 Å². The van der Waals surface area contributed by atoms with E-state index in [9.17, 15) is 4.79 Å². The summed E-state index contributed by atoms with van der Waals surface area (Å²) >= 11 is 1.68. The van der Waals surface area contributed by atoms with E-state index in [-0.39, 0.29) is 11.8 Å². The molecule has 2 heterocycles. The van der Waals surface area contributed by atoms with E-state index in [2.05, 4.69) is 16.3 Å². The number of methoxy groups -OCH3 is 2. The van der Waals surface area contributed by atoms with Gasteiger partial charge in [-0.25, -0.2) is 4.98 Å². The molecule has 6 nitrogen and oxygen atoms in total. The normalized spacial score (nSPS) is 16.8. The molecule has 7 heteroatoms. The van der Waals surface area contributed by atoms with Crippen LogP contribution in [0.4, 0.5) is 10.8 Å². The number of nitrogens with zero attached hydrogens (tertiary/aromatic N) is 2. The molecule has 1 aromatic heterocycles. The number of aromatic nitrogens is 1. The molecule has 146 valence electrons. The zero-order valence-corrected chi connectivity index (χ0v) is 16.8. The van der Waals surface area contributed by atoms with Crippen LogP contribution >= 0.6 is 11.3 Å². The quantitative estimate of drug-likeness (QED) is 0.700. The summed E-state index contributed by atoms with van der Waals surface area (Å²) in [6, 6.07) is 13.5. The average Bonchev–Trinajstić information content (AvgIpc) is 3.18. The Kier molecular flexibility index (Phi) is 5.34. The Balaban J connectivity index is 1.47. The van der Waals surface area contributed by atoms with Crippen molar-refractivity contribution in [2.75, 3.05) is 37.5 Å². The van der Waals surface area contributed by atoms with Crippen LogP contribution in [0.5, 0.6) is 11.5 Å². The topological polar surface area (TPSA) is 63.7 Å². The van der Waals surface area contributed by atoms with E-state index in [0.29, 0.717) is 23.7 Å². The molecule has 0 radical (unpaired) electrons. The molecule has 0 bridgehead atoms. The van der Waals surface area contributed by atoms with Crippen LogP contribution in [0.15, 0.2) is 42.5 Å². The highest BCUT2D eigenvalue weighted by atomic mass is 32.1. The summed E-state index contributed by atoms with van der Waals surface area (Å²) in [5, 5.41) is 4.00. The summed E-state index contributed by atoms with van der Waals surface area (Å²) in [6.07, 6.45) is 1.83. The second-order valence-electron chi connectivity index (χ2n) is 6.80. The second kappa shape index (κ2) is 8.06. The van der Waals surface area contributed by atoms with Crippen molar-refractivity contribution in [3.63, 3.8) is 0 Å². The first kappa shape index (κ1) is 18.6. The van der Waals surface area contributed by atoms with Gasteiger partial charge in [-0.15, -0.1) is 0 Å². The molecule has 28 heavy (non-hydrogen) atoms. The molecule has 1 unspecified atom stereocenters. The third kappa shape index (κ3) is 3.75. The number of carbonyl (C=O) groups is 1. The van der Waals surface area contributed by atoms with Crippen molar-refractivity contribution in [3.05, 3.63) is 42.5 Å². The first-order valence-electron chi connectivity index (χ1n) is 9.31. The van der Waals surface area contributed by atoms with E-state index >= 15 is 0 Å². The van der Waals surface area contributed by atoms with E-state index in [1.807, 2.05) is 30.3 Å². The molecule has 1 aliphatic heterocycles. The summed E-state index contributed by atoms with van der Waals surface area (Å²) in [6.45, 7) is 1.60. The fourth-order valence-corrected chi connectivity index (χ4v) is 4.50. The van der Waals surface area contributed by atoms with E-state index in [4.69, 9.17) is 14.5 Å². The fourth-order valence-electron chi connectivity index (χ4n) is 3.50. The monoisotopic (exact) mass is 397 g/mol. The lowest BCUT2D eigenvalue weighted by molar-refractivity contribution is -0.120. The SMILES string of the molecule is COc1ccc(NC(=O)C2CCCN(c3nc4ccccc4s3)C2)c(OC)c1. The van der Waals surface area contributed by atoms with Gasteiger partial charge in [0.1, 0.15) is 11.5 Å². The minimum Gasteiger partial charge on any atom is -0.497 e. The smallest absolute Gasteiger partial charge is 0.229 e. The van der Waals surface area contributed by atoms with Crippen LogP contribution in [-0.2, 0) is 4.79 Å². The molecule has 0 aliphatic carbocycles. The predicted octanol–water partition coefficient (Wildman–Crippen LogP) is 4.17. The third-order valence-electron chi connectivity index (χ3n) is 5.01. The highest BCUT2D eigenvalue weighted by molar-refractivity contribution is 7.22. The summed E-state index contributed by atoms with van der Waals surface area (Å²) in [7, 11) is 3.19. The number of carbonyl (C=O) groups excluding carboxylic acids is 1. The van der Waals surface area contributed by atoms with E-state index in [1.165, 1.54) is 4.70 Å². The second-order valence-corrected chi connectivity index (χ2v) is 7.81. The van der Waals surface area contributed by atoms with Gasteiger partial charge in [-0.3, -0.25) is 4.79 Å². The Morgan fingerprint density at radius 1 is 1.21 bits per heavy atom. The lowest BCUT2D eigenvalue weighted by Crippen LogP contribution is -2.40. The number of hydrogen-bond donors (Lipinski definition) is 1. The number of hydrogen-bond acceptors (Lipinski definition) is 6. The number of ether oxygens (including phenoxy) is 2. The van der Waals surface area contributed by atoms with Crippen LogP contribution in [0.25, 0.3) is 10.2 Å². The van der Waals surface area contributed by atoms with Gasteiger partial charge in [0, 0.05) is 19.2 Å². The van der Waals surface area contributed by atoms with E-state index in [0.717, 1.165) is 30.0 Å². The Labute approximate surface area is 168 Å². The highest BCUT2D eigenvalue weighted by Gasteiger charge is 2.28. The lowest BCUT2D eigenvalue weighted by Gasteiger charge is -2.31. The molecule has 1 aliphatic rings. The molecule has 3 aromatic rings. The van der Waals surface area contributed by atoms with Gasteiger partial charge >= 0.3 is 0 Å². The first-order chi connectivity index (χ1) is 13.7. The number of para-hydroxylation sites is 1. The van der Waals surface area contributed by atoms with Gasteiger partial charge in [0.2, 0.25) is 5.91 Å². The fraction of sp³-hybridized carbons (Fsp3) is 0.333. The van der Waals surface area contributed by atoms with E-state index in [1.54, 1.807) is 31.6 Å². The number of benzene rings is 2. The minimum atomic E-state index is -0.0902. The largest absolute Gasteiger partial charge is 0.497 e. The Morgan fingerprint density at radius 2 is 2.07 bits per heavy atom. The van der Waals surface area contributed by atoms with Crippen molar-refractivity contribution in [2.45, 2.75) is 12.8 Å². The number of anilines is 2. The number of amides is 1. The zero-order valence-electron chi connectivity index (χ0n) is 16.0. The Hall–Kier alpha value is -2.80. The molecular weight excluding hydrogens is 374 g/mol. The minimum absolute atomic E-state index is 0.00859. The van der Waals surface area contributed by atoms with Crippen molar-refractivity contribution in [1.29, 1.82) is 0 Å². The summed E-state index contributed by atoms with van der Waals surface area (Å²) in [4.78, 5) is 19.9. The molecule has 1 saturated heterocycles. The first-order valence-corrected chi connectivity index (χ1v) is 10.1. The average molecular weight is 398 g/mol. The maximum Gasteiger partial charge on any atom is 0.229 e. The molecule has 0 saturated carbocycles. The van der Waals surface area contributed by atoms with Crippen LogP contribution < -0.4 is 19.7 Å². The number of thiazole rings is 1. The van der Waals surface area contributed by atoms with Crippen LogP contribution in [-0.4, -0.2) is 38.2 Å². The lowest BCUT2D eigenvalue weighted by atomic mass is 9.97. The molecular formula is C21H23N3O3S. The molecule has 1 amide bonds. The molecule has 4 rings (SSSR count). The Morgan fingerprint density at radius 3 is 2.86 bits per heavy atom. The van der Waals surface area contributed by atoms with Crippen molar-refractivity contribution in [3.8, 4) is 11.5 Å². The molecule has 1 N–H and O–H groups in total. The van der Waals surface area contributed by atoms with Crippen molar-refractivity contribution >= 4 is 38.3 Å². The molecule has 0 spiro atoms. The maximum atomic E-state index is 12.9. The number of nitrogens with one attached hydrogen (secondary N) is 1. The van der Waals surface area contributed by atoms with Gasteiger partial charge in [-0.1, -0.05) is 23.5 Å². The van der Waals surface area contributed by atoms with Crippen molar-refractivity contribution in [2.24, 2.45) is 5.92 Å². The predicted molar refractivity (Wildman–Crippen MR) is 113 cm³/mol. The summed E-state index contributed by atoms with van der Waals surface area (Å²) < 4.78 is 11.8. The van der Waals surface area contributed by atoms with Gasteiger partial charge in [0.15, 0.2) is 5.13 Å². The van der Waals surface area contributed by atoms with Crippen LogP contribution in [0, 0.1) is 5.92 Å². The highest BCUT2D eigenvalue weighted by Crippen LogP contribution is 2.33. The maximum absolute atomic E-state index is 12.9. The van der Waals surface area contributed by atoms with Crippen molar-refractivity contribution in [1.82, 2.24) is 4.98 Å². The number of piperidine rings is 1. The van der Waals surface area contributed by atoms with Gasteiger partial charge in [0.05, 0.1) is 36.0 Å². The van der Waals surface area contributed by atoms with Gasteiger partial charge < -0.3 is 19.7 Å². The number of rotatable bonds is 5. The Bertz CT molecular complexity index is 955. The molecule has 1 fully saturated rings. The van der Waals surface area contributed by atoms with Gasteiger partial charge in [-0.2, -0.15) is 0 Å². The van der Waals surface area contributed by atoms with Gasteiger partial charge in [0.25, 0.3) is 0 Å². The van der Waals surface area contributed by atoms with Crippen LogP contribution in [0.1, 0.15) is 12.8 Å². The van der Waals surface area contributed by atoms with E-state index < -0.39 is 0 Å².